The molecule has 50 heavy (non-hydrogen) atoms. The van der Waals surface area contributed by atoms with Crippen molar-refractivity contribution < 1.29 is 36.3 Å². The number of rotatable bonds is 8. The van der Waals surface area contributed by atoms with Gasteiger partial charge in [0.15, 0.2) is 0 Å². The molecule has 1 aromatic heterocycles. The lowest BCUT2D eigenvalue weighted by Gasteiger charge is -2.37. The van der Waals surface area contributed by atoms with E-state index >= 15 is 4.39 Å². The lowest BCUT2D eigenvalue weighted by Crippen LogP contribution is -2.47. The monoisotopic (exact) mass is 706 g/mol. The van der Waals surface area contributed by atoms with E-state index in [0.29, 0.717) is 58.5 Å². The number of aryl methyl sites for hydroxylation is 1. The van der Waals surface area contributed by atoms with Crippen LogP contribution in [0.15, 0.2) is 65.1 Å². The fourth-order valence-corrected chi connectivity index (χ4v) is 6.72. The second-order valence-electron chi connectivity index (χ2n) is 13.6. The number of carbonyl (C=O) groups excluding carboxylic acids is 3. The van der Waals surface area contributed by atoms with Crippen LogP contribution < -0.4 is 14.9 Å². The quantitative estimate of drug-likeness (QED) is 0.220. The molecule has 2 N–H and O–H groups in total. The Labute approximate surface area is 291 Å². The first-order chi connectivity index (χ1) is 23.5. The summed E-state index contributed by atoms with van der Waals surface area (Å²) in [6.45, 7) is 7.46. The lowest BCUT2D eigenvalue weighted by molar-refractivity contribution is -0.135. The van der Waals surface area contributed by atoms with Crippen LogP contribution in [0.3, 0.4) is 0 Å². The predicted octanol–water partition coefficient (Wildman–Crippen LogP) is 6.27. The third-order valence-electron chi connectivity index (χ3n) is 8.74. The van der Waals surface area contributed by atoms with Gasteiger partial charge in [0, 0.05) is 55.7 Å². The second-order valence-corrected chi connectivity index (χ2v) is 15.6. The molecule has 0 saturated carbocycles. The van der Waals surface area contributed by atoms with Gasteiger partial charge in [0.25, 0.3) is 5.91 Å². The summed E-state index contributed by atoms with van der Waals surface area (Å²) in [6, 6.07) is 15.3. The highest BCUT2D eigenvalue weighted by molar-refractivity contribution is 7.92. The number of fused-ring (bicyclic) bond motifs is 1. The highest BCUT2D eigenvalue weighted by Crippen LogP contribution is 2.42. The number of nitrogens with zero attached hydrogens (tertiary/aromatic N) is 2. The summed E-state index contributed by atoms with van der Waals surface area (Å²) in [6.07, 6.45) is 1.34. The van der Waals surface area contributed by atoms with Crippen LogP contribution in [0.2, 0.25) is 0 Å². The van der Waals surface area contributed by atoms with Gasteiger partial charge in [-0.3, -0.25) is 13.9 Å². The van der Waals surface area contributed by atoms with Crippen molar-refractivity contribution in [2.75, 3.05) is 37.7 Å². The minimum Gasteiger partial charge on any atom is -0.455 e. The number of hydrogen-bond acceptors (Lipinski definition) is 7. The molecule has 1 aliphatic heterocycles. The number of ether oxygens (including phenoxy) is 1. The van der Waals surface area contributed by atoms with Crippen molar-refractivity contribution in [1.82, 2.24) is 15.5 Å². The van der Waals surface area contributed by atoms with Crippen LogP contribution in [0.5, 0.6) is 0 Å². The summed E-state index contributed by atoms with van der Waals surface area (Å²) in [7, 11) is -0.790. The Bertz CT molecular complexity index is 2040. The van der Waals surface area contributed by atoms with E-state index in [-0.39, 0.29) is 18.0 Å². The van der Waals surface area contributed by atoms with E-state index in [1.165, 1.54) is 32.3 Å². The van der Waals surface area contributed by atoms with E-state index in [1.807, 2.05) is 31.2 Å². The molecule has 5 rings (SSSR count). The van der Waals surface area contributed by atoms with Crippen LogP contribution in [-0.4, -0.2) is 70.3 Å². The van der Waals surface area contributed by atoms with Crippen LogP contribution in [0.25, 0.3) is 22.3 Å². The van der Waals surface area contributed by atoms with Crippen molar-refractivity contribution in [3.63, 3.8) is 0 Å². The summed E-state index contributed by atoms with van der Waals surface area (Å²) in [5, 5.41) is 5.75. The van der Waals surface area contributed by atoms with Gasteiger partial charge in [0.1, 0.15) is 28.8 Å². The molecule has 13 heteroatoms. The number of hydrogen-bond donors (Lipinski definition) is 2. The molecule has 2 heterocycles. The van der Waals surface area contributed by atoms with Crippen LogP contribution in [0.1, 0.15) is 72.6 Å². The van der Waals surface area contributed by atoms with Gasteiger partial charge >= 0.3 is 6.09 Å². The molecule has 4 aromatic rings. The standard InChI is InChI=1S/C37H43FN4O7S/c1-22-14-16-23(17-15-22)33-31(34(43)39-5)27-19-26(29(20-30(27)48-33)41(6)50(7,46)47)24-11-10-18-42(21-24)35(44)32(25-12-8-9-13-28(25)38)40-36(45)49-37(2,3)4/h8-9,12-17,19-20,24,32H,10-11,18,21H2,1-7H3,(H,39,43)(H,40,45). The molecule has 1 saturated heterocycles. The highest BCUT2D eigenvalue weighted by atomic mass is 32.2. The van der Waals surface area contributed by atoms with Crippen LogP contribution in [0, 0.1) is 12.7 Å². The van der Waals surface area contributed by atoms with Gasteiger partial charge < -0.3 is 24.7 Å². The molecule has 0 radical (unpaired) electrons. The Kier molecular flexibility index (Phi) is 10.3. The van der Waals surface area contributed by atoms with Gasteiger partial charge in [-0.25, -0.2) is 17.6 Å². The molecule has 0 spiro atoms. The second kappa shape index (κ2) is 14.1. The molecule has 3 aromatic carbocycles. The van der Waals surface area contributed by atoms with Gasteiger partial charge in [-0.2, -0.15) is 0 Å². The number of sulfonamides is 1. The normalized spacial score (nSPS) is 15.8. The number of halogens is 1. The average Bonchev–Trinajstić information content (AvgIpc) is 3.43. The molecule has 1 fully saturated rings. The number of anilines is 1. The average molecular weight is 707 g/mol. The van der Waals surface area contributed by atoms with Gasteiger partial charge in [0.05, 0.1) is 17.5 Å². The summed E-state index contributed by atoms with van der Waals surface area (Å²) in [4.78, 5) is 42.0. The maximum absolute atomic E-state index is 15.1. The third kappa shape index (κ3) is 7.77. The third-order valence-corrected chi connectivity index (χ3v) is 9.93. The first-order valence-corrected chi connectivity index (χ1v) is 18.2. The van der Waals surface area contributed by atoms with E-state index in [9.17, 15) is 22.8 Å². The van der Waals surface area contributed by atoms with E-state index in [4.69, 9.17) is 9.15 Å². The maximum Gasteiger partial charge on any atom is 0.408 e. The maximum atomic E-state index is 15.1. The number of carbonyl (C=O) groups is 3. The zero-order chi connectivity index (χ0) is 36.5. The zero-order valence-corrected chi connectivity index (χ0v) is 30.1. The number of alkyl carbamates (subject to hydrolysis) is 1. The van der Waals surface area contributed by atoms with Gasteiger partial charge in [-0.05, 0) is 58.2 Å². The van der Waals surface area contributed by atoms with Crippen LogP contribution in [-0.2, 0) is 19.6 Å². The van der Waals surface area contributed by atoms with Crippen molar-refractivity contribution in [1.29, 1.82) is 0 Å². The van der Waals surface area contributed by atoms with E-state index in [2.05, 4.69) is 10.6 Å². The summed E-state index contributed by atoms with van der Waals surface area (Å²) < 4.78 is 53.8. The largest absolute Gasteiger partial charge is 0.455 e. The van der Waals surface area contributed by atoms with Gasteiger partial charge in [0.2, 0.25) is 15.9 Å². The molecule has 1 aliphatic rings. The smallest absolute Gasteiger partial charge is 0.408 e. The Morgan fingerprint density at radius 3 is 2.38 bits per heavy atom. The number of piperidine rings is 1. The molecule has 266 valence electrons. The lowest BCUT2D eigenvalue weighted by atomic mass is 9.87. The SMILES string of the molecule is CNC(=O)c1c(-c2ccc(C)cc2)oc2cc(N(C)S(C)(=O)=O)c(C3CCCN(C(=O)C(NC(=O)OC(C)(C)C)c4ccccc4F)C3)cc12. The fraction of sp³-hybridized carbons (Fsp3) is 0.378. The Morgan fingerprint density at radius 1 is 1.08 bits per heavy atom. The molecule has 2 unspecified atom stereocenters. The number of likely N-dealkylation sites (tertiary alicyclic amines) is 1. The summed E-state index contributed by atoms with van der Waals surface area (Å²) >= 11 is 0. The summed E-state index contributed by atoms with van der Waals surface area (Å²) in [5.41, 5.74) is 2.38. The number of nitrogens with one attached hydrogen (secondary N) is 2. The van der Waals surface area contributed by atoms with Crippen LogP contribution in [0.4, 0.5) is 14.9 Å². The van der Waals surface area contributed by atoms with Crippen molar-refractivity contribution >= 4 is 44.6 Å². The van der Waals surface area contributed by atoms with Gasteiger partial charge in [-0.15, -0.1) is 0 Å². The van der Waals surface area contributed by atoms with Crippen molar-refractivity contribution in [3.8, 4) is 11.3 Å². The molecular weight excluding hydrogens is 663 g/mol. The summed E-state index contributed by atoms with van der Waals surface area (Å²) in [5.74, 6) is -1.64. The minimum absolute atomic E-state index is 0.0124. The molecule has 0 aliphatic carbocycles. The van der Waals surface area contributed by atoms with Crippen LogP contribution >= 0.6 is 0 Å². The first kappa shape index (κ1) is 36.4. The zero-order valence-electron chi connectivity index (χ0n) is 29.3. The van der Waals surface area contributed by atoms with E-state index in [0.717, 1.165) is 16.1 Å². The Hall–Kier alpha value is -4.91. The number of amides is 3. The molecular formula is C37H43FN4O7S. The van der Waals surface area contributed by atoms with Crippen molar-refractivity contribution in [3.05, 3.63) is 88.7 Å². The molecule has 11 nitrogen and oxygen atoms in total. The van der Waals surface area contributed by atoms with E-state index in [1.54, 1.807) is 43.9 Å². The topological polar surface area (TPSA) is 138 Å². The Balaban J connectivity index is 1.60. The number of furan rings is 1. The molecule has 0 bridgehead atoms. The molecule has 2 atom stereocenters. The minimum atomic E-state index is -3.75. The van der Waals surface area contributed by atoms with Crippen molar-refractivity contribution in [2.45, 2.75) is 58.1 Å². The van der Waals surface area contributed by atoms with Gasteiger partial charge in [-0.1, -0.05) is 48.0 Å². The highest BCUT2D eigenvalue weighted by Gasteiger charge is 2.36. The van der Waals surface area contributed by atoms with E-state index < -0.39 is 45.4 Å². The number of benzene rings is 3. The predicted molar refractivity (Wildman–Crippen MR) is 190 cm³/mol. The Morgan fingerprint density at radius 2 is 1.76 bits per heavy atom. The molecule has 3 amide bonds. The first-order valence-electron chi connectivity index (χ1n) is 16.3. The fourth-order valence-electron chi connectivity index (χ4n) is 6.21. The van der Waals surface area contributed by atoms with Crippen molar-refractivity contribution in [2.24, 2.45) is 0 Å².